The van der Waals surface area contributed by atoms with Crippen LogP contribution in [0.25, 0.3) is 11.1 Å². The number of nitrogens with one attached hydrogen (secondary N) is 1. The molecule has 0 radical (unpaired) electrons. The maximum Gasteiger partial charge on any atom is 0.0205 e. The van der Waals surface area contributed by atoms with Crippen molar-refractivity contribution < 1.29 is 0 Å². The smallest absolute Gasteiger partial charge is 0.0205 e. The first-order chi connectivity index (χ1) is 10.3. The van der Waals surface area contributed by atoms with Gasteiger partial charge in [-0.3, -0.25) is 0 Å². The van der Waals surface area contributed by atoms with Gasteiger partial charge in [-0.1, -0.05) is 74.4 Å². The van der Waals surface area contributed by atoms with Crippen molar-refractivity contribution in [2.75, 3.05) is 6.54 Å². The minimum absolute atomic E-state index is 0.532. The van der Waals surface area contributed by atoms with Gasteiger partial charge in [-0.15, -0.1) is 0 Å². The number of hydrogen-bond acceptors (Lipinski definition) is 1. The molecular formula is C20H25N. The summed E-state index contributed by atoms with van der Waals surface area (Å²) < 4.78 is 0. The second-order valence-electron chi connectivity index (χ2n) is 6.68. The van der Waals surface area contributed by atoms with Crippen LogP contribution in [0.3, 0.4) is 0 Å². The summed E-state index contributed by atoms with van der Waals surface area (Å²) in [5.74, 6) is 0. The Labute approximate surface area is 128 Å². The van der Waals surface area contributed by atoms with Gasteiger partial charge in [-0.05, 0) is 34.9 Å². The van der Waals surface area contributed by atoms with Crippen LogP contribution in [0.5, 0.6) is 0 Å². The summed E-state index contributed by atoms with van der Waals surface area (Å²) >= 11 is 0. The molecule has 0 bridgehead atoms. The summed E-state index contributed by atoms with van der Waals surface area (Å²) in [5.41, 5.74) is 4.48. The molecule has 0 aromatic heterocycles. The van der Waals surface area contributed by atoms with Crippen LogP contribution in [-0.4, -0.2) is 6.54 Å². The number of hydrogen-bond donors (Lipinski definition) is 1. The molecule has 0 unspecified atom stereocenters. The molecule has 1 aliphatic rings. The highest BCUT2D eigenvalue weighted by Crippen LogP contribution is 2.36. The van der Waals surface area contributed by atoms with E-state index in [2.05, 4.69) is 66.8 Å². The lowest BCUT2D eigenvalue weighted by Gasteiger charge is -2.23. The van der Waals surface area contributed by atoms with Crippen LogP contribution in [0.1, 0.15) is 38.2 Å². The van der Waals surface area contributed by atoms with E-state index in [9.17, 15) is 0 Å². The molecule has 1 fully saturated rings. The predicted octanol–water partition coefficient (Wildman–Crippen LogP) is 5.02. The van der Waals surface area contributed by atoms with Crippen LogP contribution >= 0.6 is 0 Å². The fourth-order valence-electron chi connectivity index (χ4n) is 3.36. The van der Waals surface area contributed by atoms with E-state index in [1.165, 1.54) is 42.4 Å². The van der Waals surface area contributed by atoms with E-state index in [-0.39, 0.29) is 0 Å². The quantitative estimate of drug-likeness (QED) is 0.810. The molecule has 1 nitrogen and oxygen atoms in total. The van der Waals surface area contributed by atoms with Crippen LogP contribution < -0.4 is 5.32 Å². The summed E-state index contributed by atoms with van der Waals surface area (Å²) in [7, 11) is 0. The third-order valence-electron chi connectivity index (χ3n) is 4.75. The van der Waals surface area contributed by atoms with Gasteiger partial charge in [0.1, 0.15) is 0 Å². The van der Waals surface area contributed by atoms with E-state index in [1.54, 1.807) is 0 Å². The molecular weight excluding hydrogens is 254 g/mol. The summed E-state index contributed by atoms with van der Waals surface area (Å²) in [4.78, 5) is 0. The van der Waals surface area contributed by atoms with Gasteiger partial charge in [0, 0.05) is 13.1 Å². The molecule has 0 aliphatic heterocycles. The fourth-order valence-corrected chi connectivity index (χ4v) is 3.36. The van der Waals surface area contributed by atoms with Crippen molar-refractivity contribution in [3.05, 3.63) is 60.2 Å². The van der Waals surface area contributed by atoms with Gasteiger partial charge < -0.3 is 5.32 Å². The highest BCUT2D eigenvalue weighted by atomic mass is 14.9. The minimum Gasteiger partial charge on any atom is -0.312 e. The highest BCUT2D eigenvalue weighted by molar-refractivity contribution is 5.63. The van der Waals surface area contributed by atoms with Gasteiger partial charge in [0.25, 0.3) is 0 Å². The molecule has 1 aliphatic carbocycles. The van der Waals surface area contributed by atoms with E-state index in [0.29, 0.717) is 5.41 Å². The SMILES string of the molecule is CC1(CNCc2ccc(-c3ccccc3)cc2)CCCC1. The normalized spacial score (nSPS) is 17.0. The zero-order valence-electron chi connectivity index (χ0n) is 12.9. The van der Waals surface area contributed by atoms with Crippen molar-refractivity contribution in [2.45, 2.75) is 39.2 Å². The van der Waals surface area contributed by atoms with Gasteiger partial charge >= 0.3 is 0 Å². The topological polar surface area (TPSA) is 12.0 Å². The molecule has 110 valence electrons. The molecule has 0 amide bonds. The standard InChI is InChI=1S/C20H25N/c1-20(13-5-6-14-20)16-21-15-17-9-11-19(12-10-17)18-7-3-2-4-8-18/h2-4,7-12,21H,5-6,13-16H2,1H3. The lowest BCUT2D eigenvalue weighted by Crippen LogP contribution is -2.29. The molecule has 1 saturated carbocycles. The molecule has 0 spiro atoms. The summed E-state index contributed by atoms with van der Waals surface area (Å²) in [6.45, 7) is 4.55. The highest BCUT2D eigenvalue weighted by Gasteiger charge is 2.27. The second kappa shape index (κ2) is 6.44. The number of rotatable bonds is 5. The molecule has 2 aromatic rings. The first-order valence-corrected chi connectivity index (χ1v) is 8.10. The van der Waals surface area contributed by atoms with E-state index >= 15 is 0 Å². The third-order valence-corrected chi connectivity index (χ3v) is 4.75. The van der Waals surface area contributed by atoms with Crippen LogP contribution in [0.15, 0.2) is 54.6 Å². The predicted molar refractivity (Wildman–Crippen MR) is 90.2 cm³/mol. The monoisotopic (exact) mass is 279 g/mol. The Balaban J connectivity index is 1.55. The van der Waals surface area contributed by atoms with Crippen LogP contribution in [-0.2, 0) is 6.54 Å². The zero-order chi connectivity index (χ0) is 14.5. The lowest BCUT2D eigenvalue weighted by molar-refractivity contribution is 0.314. The molecule has 1 N–H and O–H groups in total. The Kier molecular flexibility index (Phi) is 4.40. The fraction of sp³-hybridized carbons (Fsp3) is 0.400. The van der Waals surface area contributed by atoms with Crippen molar-refractivity contribution in [1.82, 2.24) is 5.32 Å². The summed E-state index contributed by atoms with van der Waals surface area (Å²) in [5, 5.41) is 3.64. The largest absolute Gasteiger partial charge is 0.312 e. The first-order valence-electron chi connectivity index (χ1n) is 8.10. The Hall–Kier alpha value is -1.60. The maximum absolute atomic E-state index is 3.64. The van der Waals surface area contributed by atoms with Crippen molar-refractivity contribution in [3.8, 4) is 11.1 Å². The second-order valence-corrected chi connectivity index (χ2v) is 6.68. The lowest BCUT2D eigenvalue weighted by atomic mass is 9.89. The Bertz CT molecular complexity index is 550. The molecule has 0 atom stereocenters. The Morgan fingerprint density at radius 3 is 2.14 bits per heavy atom. The van der Waals surface area contributed by atoms with E-state index in [4.69, 9.17) is 0 Å². The number of benzene rings is 2. The van der Waals surface area contributed by atoms with Gasteiger partial charge in [0.05, 0.1) is 0 Å². The zero-order valence-corrected chi connectivity index (χ0v) is 12.9. The molecule has 0 saturated heterocycles. The molecule has 0 heterocycles. The average Bonchev–Trinajstić information content (AvgIpc) is 2.96. The summed E-state index contributed by atoms with van der Waals surface area (Å²) in [6, 6.07) is 19.5. The van der Waals surface area contributed by atoms with E-state index in [1.807, 2.05) is 0 Å². The molecule has 1 heteroatoms. The van der Waals surface area contributed by atoms with Crippen molar-refractivity contribution in [2.24, 2.45) is 5.41 Å². The van der Waals surface area contributed by atoms with Crippen molar-refractivity contribution in [3.63, 3.8) is 0 Å². The van der Waals surface area contributed by atoms with Gasteiger partial charge in [-0.2, -0.15) is 0 Å². The third kappa shape index (κ3) is 3.74. The Morgan fingerprint density at radius 1 is 0.857 bits per heavy atom. The Morgan fingerprint density at radius 2 is 1.48 bits per heavy atom. The average molecular weight is 279 g/mol. The minimum atomic E-state index is 0.532. The van der Waals surface area contributed by atoms with Crippen LogP contribution in [0.4, 0.5) is 0 Å². The van der Waals surface area contributed by atoms with E-state index < -0.39 is 0 Å². The molecule has 21 heavy (non-hydrogen) atoms. The van der Waals surface area contributed by atoms with Crippen LogP contribution in [0.2, 0.25) is 0 Å². The molecule has 3 rings (SSSR count). The van der Waals surface area contributed by atoms with Gasteiger partial charge in [0.15, 0.2) is 0 Å². The molecule has 2 aromatic carbocycles. The van der Waals surface area contributed by atoms with Crippen molar-refractivity contribution >= 4 is 0 Å². The van der Waals surface area contributed by atoms with E-state index in [0.717, 1.165) is 13.1 Å². The first kappa shape index (κ1) is 14.3. The summed E-state index contributed by atoms with van der Waals surface area (Å²) in [6.07, 6.45) is 5.58. The van der Waals surface area contributed by atoms with Crippen LogP contribution in [0, 0.1) is 5.41 Å². The maximum atomic E-state index is 3.64. The van der Waals surface area contributed by atoms with Gasteiger partial charge in [0.2, 0.25) is 0 Å². The van der Waals surface area contributed by atoms with Crippen molar-refractivity contribution in [1.29, 1.82) is 0 Å². The van der Waals surface area contributed by atoms with Gasteiger partial charge in [-0.25, -0.2) is 0 Å².